The largest absolute Gasteiger partial charge is 0.369 e. The Balaban J connectivity index is 0.00000312. The van der Waals surface area contributed by atoms with Crippen LogP contribution in [0.2, 0.25) is 0 Å². The number of hydrogen-bond donors (Lipinski definition) is 1. The van der Waals surface area contributed by atoms with Crippen LogP contribution >= 0.6 is 12.4 Å². The highest BCUT2D eigenvalue weighted by atomic mass is 35.5. The Kier molecular flexibility index (Phi) is 7.70. The van der Waals surface area contributed by atoms with E-state index >= 15 is 0 Å². The second-order valence-corrected chi connectivity index (χ2v) is 6.33. The zero-order valence-corrected chi connectivity index (χ0v) is 16.3. The molecule has 0 aliphatic heterocycles. The number of rotatable bonds is 5. The predicted molar refractivity (Wildman–Crippen MR) is 108 cm³/mol. The molecule has 0 radical (unpaired) electrons. The number of benzene rings is 2. The van der Waals surface area contributed by atoms with Crippen molar-refractivity contribution in [3.8, 4) is 11.8 Å². The molecule has 0 saturated heterocycles. The monoisotopic (exact) mass is 357 g/mol. The van der Waals surface area contributed by atoms with Crippen LogP contribution in [0.25, 0.3) is 0 Å². The van der Waals surface area contributed by atoms with Gasteiger partial charge in [-0.05, 0) is 26.9 Å². The quantitative estimate of drug-likeness (QED) is 0.798. The number of halogens is 1. The first-order valence-electron chi connectivity index (χ1n) is 8.53. The van der Waals surface area contributed by atoms with Gasteiger partial charge in [-0.15, -0.1) is 12.4 Å². The minimum atomic E-state index is -1.31. The molecule has 0 unspecified atom stereocenters. The fourth-order valence-electron chi connectivity index (χ4n) is 3.05. The molecule has 2 nitrogen and oxygen atoms in total. The second kappa shape index (κ2) is 9.06. The van der Waals surface area contributed by atoms with Gasteiger partial charge in [0.1, 0.15) is 0 Å². The molecule has 25 heavy (non-hydrogen) atoms. The predicted octanol–water partition coefficient (Wildman–Crippen LogP) is 4.47. The molecule has 0 bridgehead atoms. The van der Waals surface area contributed by atoms with Gasteiger partial charge >= 0.3 is 0 Å². The number of hydrogen-bond acceptors (Lipinski definition) is 2. The van der Waals surface area contributed by atoms with E-state index in [4.69, 9.17) is 0 Å². The van der Waals surface area contributed by atoms with Crippen molar-refractivity contribution in [3.05, 3.63) is 71.8 Å². The molecular weight excluding hydrogens is 330 g/mol. The fraction of sp³-hybridized carbons (Fsp3) is 0.364. The standard InChI is InChI=1S/C22H27NO.ClH/c1-5-21(6-2,23(3)4)17-18-22(24,19-13-9-7-10-14-19)20-15-11-8-12-16-20;/h7-16,24H,5-6H2,1-4H3;1H. The number of aliphatic hydroxyl groups is 1. The lowest BCUT2D eigenvalue weighted by atomic mass is 9.84. The molecule has 0 saturated carbocycles. The van der Waals surface area contributed by atoms with Gasteiger partial charge < -0.3 is 5.11 Å². The molecule has 0 atom stereocenters. The van der Waals surface area contributed by atoms with Gasteiger partial charge in [0, 0.05) is 11.1 Å². The van der Waals surface area contributed by atoms with E-state index in [2.05, 4.69) is 30.6 Å². The zero-order valence-electron chi connectivity index (χ0n) is 15.5. The lowest BCUT2D eigenvalue weighted by Gasteiger charge is -2.34. The summed E-state index contributed by atoms with van der Waals surface area (Å²) in [5.74, 6) is 6.61. The fourth-order valence-corrected chi connectivity index (χ4v) is 3.05. The van der Waals surface area contributed by atoms with Gasteiger partial charge in [-0.1, -0.05) is 86.4 Å². The van der Waals surface area contributed by atoms with E-state index in [1.807, 2.05) is 74.8 Å². The van der Waals surface area contributed by atoms with Crippen molar-refractivity contribution in [1.82, 2.24) is 4.90 Å². The maximum atomic E-state index is 11.5. The maximum Gasteiger partial charge on any atom is 0.176 e. The first kappa shape index (κ1) is 21.3. The summed E-state index contributed by atoms with van der Waals surface area (Å²) in [5.41, 5.74) is 0.0400. The molecule has 3 heteroatoms. The molecule has 0 heterocycles. The van der Waals surface area contributed by atoms with E-state index < -0.39 is 5.60 Å². The maximum absolute atomic E-state index is 11.5. The summed E-state index contributed by atoms with van der Waals surface area (Å²) in [6.07, 6.45) is 1.81. The first-order chi connectivity index (χ1) is 11.5. The Morgan fingerprint density at radius 3 is 1.52 bits per heavy atom. The van der Waals surface area contributed by atoms with Crippen LogP contribution in [0, 0.1) is 11.8 Å². The summed E-state index contributed by atoms with van der Waals surface area (Å²) in [6, 6.07) is 19.3. The SMILES string of the molecule is CCC(C#CC(O)(c1ccccc1)c1ccccc1)(CC)N(C)C.Cl. The average Bonchev–Trinajstić information content (AvgIpc) is 2.64. The Hall–Kier alpha value is -1.79. The summed E-state index contributed by atoms with van der Waals surface area (Å²) >= 11 is 0. The van der Waals surface area contributed by atoms with Gasteiger partial charge in [0.25, 0.3) is 0 Å². The molecule has 0 aromatic heterocycles. The summed E-state index contributed by atoms with van der Waals surface area (Å²) in [6.45, 7) is 4.28. The molecule has 0 fully saturated rings. The van der Waals surface area contributed by atoms with Crippen molar-refractivity contribution < 1.29 is 5.11 Å². The summed E-state index contributed by atoms with van der Waals surface area (Å²) in [5, 5.41) is 11.5. The van der Waals surface area contributed by atoms with Crippen molar-refractivity contribution in [1.29, 1.82) is 0 Å². The zero-order chi connectivity index (χ0) is 17.6. The van der Waals surface area contributed by atoms with Crippen LogP contribution in [0.15, 0.2) is 60.7 Å². The van der Waals surface area contributed by atoms with Gasteiger partial charge in [0.15, 0.2) is 5.60 Å². The van der Waals surface area contributed by atoms with E-state index in [1.54, 1.807) is 0 Å². The van der Waals surface area contributed by atoms with Crippen LogP contribution in [-0.2, 0) is 5.60 Å². The molecule has 134 valence electrons. The van der Waals surface area contributed by atoms with E-state index in [9.17, 15) is 5.11 Å². The van der Waals surface area contributed by atoms with Crippen LogP contribution < -0.4 is 0 Å². The molecule has 2 aromatic carbocycles. The van der Waals surface area contributed by atoms with Gasteiger partial charge in [-0.2, -0.15) is 0 Å². The summed E-state index contributed by atoms with van der Waals surface area (Å²) in [7, 11) is 4.09. The van der Waals surface area contributed by atoms with Crippen LogP contribution in [0.5, 0.6) is 0 Å². The lowest BCUT2D eigenvalue weighted by molar-refractivity contribution is 0.143. The topological polar surface area (TPSA) is 23.5 Å². The minimum Gasteiger partial charge on any atom is -0.369 e. The highest BCUT2D eigenvalue weighted by Gasteiger charge is 2.32. The Morgan fingerprint density at radius 1 is 0.800 bits per heavy atom. The highest BCUT2D eigenvalue weighted by Crippen LogP contribution is 2.30. The van der Waals surface area contributed by atoms with Crippen molar-refractivity contribution in [2.24, 2.45) is 0 Å². The van der Waals surface area contributed by atoms with Crippen LogP contribution in [0.1, 0.15) is 37.8 Å². The Bertz CT molecular complexity index is 658. The third kappa shape index (κ3) is 4.44. The van der Waals surface area contributed by atoms with Gasteiger partial charge in [-0.3, -0.25) is 4.90 Å². The first-order valence-corrected chi connectivity index (χ1v) is 8.53. The normalized spacial score (nSPS) is 11.4. The average molecular weight is 358 g/mol. The lowest BCUT2D eigenvalue weighted by Crippen LogP contribution is -2.42. The number of nitrogens with zero attached hydrogens (tertiary/aromatic N) is 1. The molecule has 2 rings (SSSR count). The second-order valence-electron chi connectivity index (χ2n) is 6.33. The van der Waals surface area contributed by atoms with Crippen molar-refractivity contribution in [2.45, 2.75) is 37.8 Å². The summed E-state index contributed by atoms with van der Waals surface area (Å²) in [4.78, 5) is 2.15. The van der Waals surface area contributed by atoms with Gasteiger partial charge in [0.05, 0.1) is 5.54 Å². The summed E-state index contributed by atoms with van der Waals surface area (Å²) < 4.78 is 0. The van der Waals surface area contributed by atoms with Crippen molar-refractivity contribution in [2.75, 3.05) is 14.1 Å². The molecule has 0 aliphatic carbocycles. The smallest absolute Gasteiger partial charge is 0.176 e. The van der Waals surface area contributed by atoms with Crippen LogP contribution in [-0.4, -0.2) is 29.6 Å². The van der Waals surface area contributed by atoms with Gasteiger partial charge in [-0.25, -0.2) is 0 Å². The van der Waals surface area contributed by atoms with Crippen molar-refractivity contribution >= 4 is 12.4 Å². The van der Waals surface area contributed by atoms with Crippen molar-refractivity contribution in [3.63, 3.8) is 0 Å². The molecule has 1 N–H and O–H groups in total. The molecule has 0 amide bonds. The van der Waals surface area contributed by atoms with Gasteiger partial charge in [0.2, 0.25) is 0 Å². The van der Waals surface area contributed by atoms with Crippen LogP contribution in [0.4, 0.5) is 0 Å². The molecular formula is C22H28ClNO. The van der Waals surface area contributed by atoms with E-state index in [0.717, 1.165) is 24.0 Å². The third-order valence-electron chi connectivity index (χ3n) is 4.89. The third-order valence-corrected chi connectivity index (χ3v) is 4.89. The Morgan fingerprint density at radius 2 is 1.20 bits per heavy atom. The molecule has 0 spiro atoms. The molecule has 2 aromatic rings. The van der Waals surface area contributed by atoms with E-state index in [1.165, 1.54) is 0 Å². The van der Waals surface area contributed by atoms with E-state index in [0.29, 0.717) is 0 Å². The Labute approximate surface area is 158 Å². The van der Waals surface area contributed by atoms with E-state index in [-0.39, 0.29) is 17.9 Å². The highest BCUT2D eigenvalue weighted by molar-refractivity contribution is 5.85. The molecule has 0 aliphatic rings. The minimum absolute atomic E-state index is 0. The van der Waals surface area contributed by atoms with Crippen LogP contribution in [0.3, 0.4) is 0 Å².